The fourth-order valence-corrected chi connectivity index (χ4v) is 2.06. The van der Waals surface area contributed by atoms with Gasteiger partial charge in [0.2, 0.25) is 6.79 Å². The Morgan fingerprint density at radius 1 is 1.17 bits per heavy atom. The second-order valence-corrected chi connectivity index (χ2v) is 4.56. The molecule has 5 heteroatoms. The summed E-state index contributed by atoms with van der Waals surface area (Å²) in [4.78, 5) is 0. The highest BCUT2D eigenvalue weighted by Gasteiger charge is 2.21. The van der Waals surface area contributed by atoms with E-state index in [-0.39, 0.29) is 6.79 Å². The van der Waals surface area contributed by atoms with Crippen LogP contribution in [0.4, 0.5) is 5.82 Å². The first kappa shape index (κ1) is 11.0. The molecule has 0 amide bonds. The van der Waals surface area contributed by atoms with E-state index in [9.17, 15) is 0 Å². The molecule has 0 radical (unpaired) electrons. The Kier molecular flexibility index (Phi) is 2.40. The molecular formula is C13H14N2O3. The predicted molar refractivity (Wildman–Crippen MR) is 66.6 cm³/mol. The van der Waals surface area contributed by atoms with Crippen LogP contribution in [0.3, 0.4) is 0 Å². The van der Waals surface area contributed by atoms with Crippen LogP contribution >= 0.6 is 0 Å². The van der Waals surface area contributed by atoms with E-state index in [4.69, 9.17) is 19.7 Å². The Labute approximate surface area is 104 Å². The zero-order valence-electron chi connectivity index (χ0n) is 10.3. The Bertz CT molecular complexity index is 590. The third-order valence-corrected chi connectivity index (χ3v) is 2.96. The van der Waals surface area contributed by atoms with Crippen molar-refractivity contribution in [2.75, 3.05) is 12.5 Å². The van der Waals surface area contributed by atoms with Crippen molar-refractivity contribution in [2.45, 2.75) is 19.8 Å². The molecule has 0 spiro atoms. The Balaban J connectivity index is 2.17. The van der Waals surface area contributed by atoms with Crippen LogP contribution in [-0.4, -0.2) is 11.9 Å². The maximum atomic E-state index is 5.59. The van der Waals surface area contributed by atoms with Gasteiger partial charge in [-0.3, -0.25) is 0 Å². The first-order valence-corrected chi connectivity index (χ1v) is 5.81. The van der Waals surface area contributed by atoms with Gasteiger partial charge in [0, 0.05) is 11.6 Å². The van der Waals surface area contributed by atoms with Crippen molar-refractivity contribution in [3.8, 4) is 22.8 Å². The molecule has 1 aromatic heterocycles. The molecule has 18 heavy (non-hydrogen) atoms. The number of nitrogens with two attached hydrogens (primary N) is 1. The first-order valence-electron chi connectivity index (χ1n) is 5.81. The van der Waals surface area contributed by atoms with Crippen molar-refractivity contribution >= 4 is 5.82 Å². The van der Waals surface area contributed by atoms with Crippen molar-refractivity contribution < 1.29 is 14.0 Å². The van der Waals surface area contributed by atoms with E-state index in [1.807, 2.05) is 12.1 Å². The number of benzene rings is 1. The number of anilines is 1. The monoisotopic (exact) mass is 246 g/mol. The summed E-state index contributed by atoms with van der Waals surface area (Å²) >= 11 is 0. The first-order chi connectivity index (χ1) is 8.65. The van der Waals surface area contributed by atoms with Crippen LogP contribution in [0.5, 0.6) is 11.5 Å². The van der Waals surface area contributed by atoms with Gasteiger partial charge in [-0.05, 0) is 23.6 Å². The number of nitrogens with zero attached hydrogens (tertiary/aromatic N) is 1. The van der Waals surface area contributed by atoms with Gasteiger partial charge in [-0.15, -0.1) is 0 Å². The van der Waals surface area contributed by atoms with Crippen molar-refractivity contribution in [1.29, 1.82) is 0 Å². The lowest BCUT2D eigenvalue weighted by Gasteiger charge is -2.11. The number of hydrogen-bond acceptors (Lipinski definition) is 5. The lowest BCUT2D eigenvalue weighted by molar-refractivity contribution is 0.174. The van der Waals surface area contributed by atoms with E-state index in [0.29, 0.717) is 17.5 Å². The van der Waals surface area contributed by atoms with E-state index < -0.39 is 0 Å². The molecule has 0 saturated carbocycles. The quantitative estimate of drug-likeness (QED) is 0.882. The average molecular weight is 246 g/mol. The molecule has 0 unspecified atom stereocenters. The van der Waals surface area contributed by atoms with Crippen LogP contribution in [0.25, 0.3) is 11.3 Å². The number of aromatic nitrogens is 1. The number of fused-ring (bicyclic) bond motifs is 1. The fourth-order valence-electron chi connectivity index (χ4n) is 2.06. The molecule has 0 fully saturated rings. The minimum atomic E-state index is 0.259. The Hall–Kier alpha value is -2.17. The highest BCUT2D eigenvalue weighted by Crippen LogP contribution is 2.41. The van der Waals surface area contributed by atoms with Gasteiger partial charge in [0.15, 0.2) is 23.1 Å². The molecule has 0 bridgehead atoms. The molecule has 0 atom stereocenters. The molecule has 94 valence electrons. The number of hydrogen-bond donors (Lipinski definition) is 1. The summed E-state index contributed by atoms with van der Waals surface area (Å²) in [6, 6.07) is 5.61. The minimum Gasteiger partial charge on any atom is -0.454 e. The Morgan fingerprint density at radius 3 is 2.50 bits per heavy atom. The second kappa shape index (κ2) is 3.94. The summed E-state index contributed by atoms with van der Waals surface area (Å²) in [6.07, 6.45) is 0. The largest absolute Gasteiger partial charge is 0.454 e. The molecule has 2 N–H and O–H groups in total. The summed E-state index contributed by atoms with van der Waals surface area (Å²) in [5.41, 5.74) is 7.66. The number of rotatable bonds is 2. The van der Waals surface area contributed by atoms with Gasteiger partial charge >= 0.3 is 0 Å². The SMILES string of the molecule is CC(C)c1cc2c(cc1-c1cc(N)no1)OCO2. The summed E-state index contributed by atoms with van der Waals surface area (Å²) in [5, 5.41) is 3.72. The molecular weight excluding hydrogens is 232 g/mol. The van der Waals surface area contributed by atoms with Gasteiger partial charge in [-0.2, -0.15) is 0 Å². The van der Waals surface area contributed by atoms with E-state index in [1.54, 1.807) is 6.07 Å². The number of ether oxygens (including phenoxy) is 2. The third-order valence-electron chi connectivity index (χ3n) is 2.96. The van der Waals surface area contributed by atoms with E-state index in [1.165, 1.54) is 0 Å². The van der Waals surface area contributed by atoms with Crippen LogP contribution in [0.1, 0.15) is 25.3 Å². The molecule has 2 heterocycles. The van der Waals surface area contributed by atoms with Gasteiger partial charge in [-0.25, -0.2) is 0 Å². The van der Waals surface area contributed by atoms with Crippen LogP contribution in [-0.2, 0) is 0 Å². The van der Waals surface area contributed by atoms with Gasteiger partial charge in [0.1, 0.15) is 0 Å². The summed E-state index contributed by atoms with van der Waals surface area (Å²) in [5.74, 6) is 2.85. The molecule has 3 rings (SSSR count). The van der Waals surface area contributed by atoms with E-state index in [0.717, 1.165) is 22.6 Å². The van der Waals surface area contributed by atoms with Gasteiger partial charge in [0.25, 0.3) is 0 Å². The molecule has 0 aliphatic carbocycles. The van der Waals surface area contributed by atoms with Crippen LogP contribution in [0.15, 0.2) is 22.7 Å². The highest BCUT2D eigenvalue weighted by atomic mass is 16.7. The smallest absolute Gasteiger partial charge is 0.231 e. The summed E-state index contributed by atoms with van der Waals surface area (Å²) < 4.78 is 16.0. The summed E-state index contributed by atoms with van der Waals surface area (Å²) in [7, 11) is 0. The van der Waals surface area contributed by atoms with E-state index in [2.05, 4.69) is 19.0 Å². The molecule has 1 aliphatic rings. The fraction of sp³-hybridized carbons (Fsp3) is 0.308. The maximum absolute atomic E-state index is 5.59. The molecule has 5 nitrogen and oxygen atoms in total. The van der Waals surface area contributed by atoms with Crippen molar-refractivity contribution in [1.82, 2.24) is 5.16 Å². The maximum Gasteiger partial charge on any atom is 0.231 e. The Morgan fingerprint density at radius 2 is 1.89 bits per heavy atom. The van der Waals surface area contributed by atoms with Crippen molar-refractivity contribution in [3.63, 3.8) is 0 Å². The zero-order valence-corrected chi connectivity index (χ0v) is 10.3. The lowest BCUT2D eigenvalue weighted by atomic mass is 9.95. The third kappa shape index (κ3) is 1.68. The van der Waals surface area contributed by atoms with E-state index >= 15 is 0 Å². The molecule has 2 aromatic rings. The normalized spacial score (nSPS) is 13.3. The molecule has 1 aromatic carbocycles. The topological polar surface area (TPSA) is 70.5 Å². The molecule has 1 aliphatic heterocycles. The standard InChI is InChI=1S/C13H14N2O3/c1-7(2)8-3-11-12(17-6-16-11)4-9(8)10-5-13(14)15-18-10/h3-5,7H,6H2,1-2H3,(H2,14,15). The van der Waals surface area contributed by atoms with Crippen LogP contribution in [0, 0.1) is 0 Å². The lowest BCUT2D eigenvalue weighted by Crippen LogP contribution is -1.93. The molecule has 0 saturated heterocycles. The number of nitrogen functional groups attached to an aromatic ring is 1. The summed E-state index contributed by atoms with van der Waals surface area (Å²) in [6.45, 7) is 4.48. The highest BCUT2D eigenvalue weighted by molar-refractivity contribution is 5.69. The van der Waals surface area contributed by atoms with Gasteiger partial charge in [-0.1, -0.05) is 19.0 Å². The van der Waals surface area contributed by atoms with Crippen LogP contribution < -0.4 is 15.2 Å². The van der Waals surface area contributed by atoms with Crippen molar-refractivity contribution in [2.24, 2.45) is 0 Å². The van der Waals surface area contributed by atoms with Gasteiger partial charge in [0.05, 0.1) is 0 Å². The average Bonchev–Trinajstić information content (AvgIpc) is 2.94. The van der Waals surface area contributed by atoms with Crippen molar-refractivity contribution in [3.05, 3.63) is 23.8 Å². The zero-order chi connectivity index (χ0) is 12.7. The van der Waals surface area contributed by atoms with Crippen LogP contribution in [0.2, 0.25) is 0 Å². The minimum absolute atomic E-state index is 0.259. The second-order valence-electron chi connectivity index (χ2n) is 4.56. The van der Waals surface area contributed by atoms with Gasteiger partial charge < -0.3 is 19.7 Å². The predicted octanol–water partition coefficient (Wildman–Crippen LogP) is 2.78.